The van der Waals surface area contributed by atoms with Crippen LogP contribution in [0.3, 0.4) is 0 Å². The Morgan fingerprint density at radius 1 is 0.870 bits per heavy atom. The SMILES string of the molecule is CCC[C@H](NC(=O)[C@@H](NC(=O)[C@H](NC(C)=O)C(C)(C)S)[C@@H](C)O)C(=O)N[C@H](C(=O)N[C@@H](CCCN=C(N)N)C(=O)N1CCC[C@H]1C(=O)NCC)[C@@H](C)CC. The molecule has 11 N–H and O–H groups in total. The fraction of sp³-hybridized carbons (Fsp3) is 0.771. The maximum absolute atomic E-state index is 14.0. The Morgan fingerprint density at radius 3 is 1.98 bits per heavy atom. The molecule has 1 rings (SSSR count). The minimum atomic E-state index is -1.51. The van der Waals surface area contributed by atoms with Crippen LogP contribution in [0.2, 0.25) is 0 Å². The number of aliphatic imine (C=N–C) groups is 1. The Morgan fingerprint density at radius 2 is 1.46 bits per heavy atom. The second kappa shape index (κ2) is 22.9. The number of rotatable bonds is 22. The van der Waals surface area contributed by atoms with Gasteiger partial charge >= 0.3 is 0 Å². The van der Waals surface area contributed by atoms with Crippen LogP contribution in [0.1, 0.15) is 100 Å². The largest absolute Gasteiger partial charge is 0.391 e. The van der Waals surface area contributed by atoms with Crippen LogP contribution in [0.5, 0.6) is 0 Å². The van der Waals surface area contributed by atoms with Gasteiger partial charge in [0.15, 0.2) is 5.96 Å². The van der Waals surface area contributed by atoms with Crippen LogP contribution in [-0.2, 0) is 33.6 Å². The molecular formula is C35H64N10O8S. The quantitative estimate of drug-likeness (QED) is 0.0264. The zero-order chi connectivity index (χ0) is 41.3. The average Bonchev–Trinajstić information content (AvgIpc) is 3.58. The molecule has 0 aromatic heterocycles. The number of likely N-dealkylation sites (tertiary alicyclic amines) is 1. The predicted octanol–water partition coefficient (Wildman–Crippen LogP) is -1.45. The Kier molecular flexibility index (Phi) is 20.3. The van der Waals surface area contributed by atoms with Crippen LogP contribution >= 0.6 is 12.6 Å². The lowest BCUT2D eigenvalue weighted by atomic mass is 9.96. The van der Waals surface area contributed by atoms with E-state index in [0.29, 0.717) is 45.2 Å². The second-order valence-corrected chi connectivity index (χ2v) is 15.5. The maximum atomic E-state index is 14.0. The van der Waals surface area contributed by atoms with Gasteiger partial charge in [-0.2, -0.15) is 12.6 Å². The molecule has 1 heterocycles. The van der Waals surface area contributed by atoms with Crippen molar-refractivity contribution in [2.75, 3.05) is 19.6 Å². The summed E-state index contributed by atoms with van der Waals surface area (Å²) < 4.78 is -1.04. The maximum Gasteiger partial charge on any atom is 0.245 e. The normalized spacial score (nSPS) is 18.0. The first kappa shape index (κ1) is 47.9. The van der Waals surface area contributed by atoms with Crippen molar-refractivity contribution in [1.82, 2.24) is 36.8 Å². The van der Waals surface area contributed by atoms with Crippen molar-refractivity contribution >= 4 is 59.9 Å². The molecule has 1 aliphatic rings. The second-order valence-electron chi connectivity index (χ2n) is 14.3. The number of nitrogens with two attached hydrogens (primary N) is 2. The van der Waals surface area contributed by atoms with E-state index < -0.39 is 88.5 Å². The Labute approximate surface area is 324 Å². The molecular weight excluding hydrogens is 721 g/mol. The predicted molar refractivity (Wildman–Crippen MR) is 208 cm³/mol. The van der Waals surface area contributed by atoms with Crippen molar-refractivity contribution in [3.8, 4) is 0 Å². The summed E-state index contributed by atoms with van der Waals surface area (Å²) in [6.45, 7) is 13.8. The fourth-order valence-corrected chi connectivity index (χ4v) is 6.18. The van der Waals surface area contributed by atoms with E-state index in [9.17, 15) is 38.7 Å². The third kappa shape index (κ3) is 15.3. The highest BCUT2D eigenvalue weighted by Gasteiger charge is 2.40. The van der Waals surface area contributed by atoms with Crippen LogP contribution in [0.25, 0.3) is 0 Å². The van der Waals surface area contributed by atoms with Gasteiger partial charge in [-0.3, -0.25) is 38.6 Å². The summed E-state index contributed by atoms with van der Waals surface area (Å²) in [7, 11) is 0. The molecule has 1 aliphatic heterocycles. The molecule has 0 aromatic carbocycles. The molecule has 19 heteroatoms. The summed E-state index contributed by atoms with van der Waals surface area (Å²) >= 11 is 4.40. The number of likely N-dealkylation sites (N-methyl/N-ethyl adjacent to an activating group) is 1. The third-order valence-corrected chi connectivity index (χ3v) is 9.39. The molecule has 1 saturated heterocycles. The van der Waals surface area contributed by atoms with Gasteiger partial charge in [0, 0.05) is 31.3 Å². The van der Waals surface area contributed by atoms with Crippen molar-refractivity contribution in [3.05, 3.63) is 0 Å². The molecule has 0 aliphatic carbocycles. The van der Waals surface area contributed by atoms with E-state index in [1.54, 1.807) is 34.6 Å². The molecule has 1 fully saturated rings. The molecule has 0 aromatic rings. The zero-order valence-electron chi connectivity index (χ0n) is 33.0. The van der Waals surface area contributed by atoms with Crippen LogP contribution in [-0.4, -0.2) is 124 Å². The van der Waals surface area contributed by atoms with Gasteiger partial charge in [-0.1, -0.05) is 33.6 Å². The van der Waals surface area contributed by atoms with E-state index in [1.807, 2.05) is 6.92 Å². The molecule has 308 valence electrons. The van der Waals surface area contributed by atoms with Crippen LogP contribution in [0, 0.1) is 5.92 Å². The van der Waals surface area contributed by atoms with Gasteiger partial charge in [0.1, 0.15) is 36.3 Å². The van der Waals surface area contributed by atoms with Gasteiger partial charge in [0.05, 0.1) is 6.10 Å². The van der Waals surface area contributed by atoms with Crippen LogP contribution in [0.4, 0.5) is 0 Å². The zero-order valence-corrected chi connectivity index (χ0v) is 33.9. The topological polar surface area (TPSA) is 280 Å². The van der Waals surface area contributed by atoms with E-state index in [1.165, 1.54) is 18.7 Å². The molecule has 7 amide bonds. The summed E-state index contributed by atoms with van der Waals surface area (Å²) in [5.41, 5.74) is 10.9. The molecule has 8 atom stereocenters. The summed E-state index contributed by atoms with van der Waals surface area (Å²) in [6, 6.07) is -6.72. The lowest BCUT2D eigenvalue weighted by molar-refractivity contribution is -0.142. The third-order valence-electron chi connectivity index (χ3n) is 9.13. The number of nitrogens with zero attached hydrogens (tertiary/aromatic N) is 2. The van der Waals surface area contributed by atoms with Gasteiger partial charge in [0.25, 0.3) is 0 Å². The number of hydrogen-bond acceptors (Lipinski definition) is 10. The van der Waals surface area contributed by atoms with Crippen molar-refractivity contribution in [2.24, 2.45) is 22.4 Å². The summed E-state index contributed by atoms with van der Waals surface area (Å²) in [5.74, 6) is -4.74. The molecule has 0 radical (unpaired) electrons. The van der Waals surface area contributed by atoms with Crippen LogP contribution < -0.4 is 43.4 Å². The minimum Gasteiger partial charge on any atom is -0.391 e. The minimum absolute atomic E-state index is 0.121. The first-order valence-corrected chi connectivity index (χ1v) is 19.2. The van der Waals surface area contributed by atoms with Gasteiger partial charge < -0.3 is 53.4 Å². The van der Waals surface area contributed by atoms with Gasteiger partial charge in [-0.05, 0) is 65.7 Å². The van der Waals surface area contributed by atoms with Crippen molar-refractivity contribution in [3.63, 3.8) is 0 Å². The highest BCUT2D eigenvalue weighted by molar-refractivity contribution is 7.81. The van der Waals surface area contributed by atoms with Gasteiger partial charge in [-0.25, -0.2) is 0 Å². The summed E-state index contributed by atoms with van der Waals surface area (Å²) in [5, 5.41) is 26.3. The standard InChI is InChI=1S/C35H64N10O8S/c1-9-14-22(41-31(51)26(20(5)46)44-32(52)27(35(7,8)54)40-21(6)47)28(48)43-25(19(4)10-2)30(50)42-23(15-12-17-39-34(36)37)33(53)45-18-13-16-24(45)29(49)38-11-3/h19-20,22-27,46,54H,9-18H2,1-8H3,(H,38,49)(H,40,47)(H,41,51)(H,42,50)(H,43,48)(H,44,52)(H4,36,37,39)/t19-,20+,22-,23-,24-,25-,26-,27-/m0/s1. The fourth-order valence-electron chi connectivity index (χ4n) is 6.00. The number of nitrogens with one attached hydrogen (secondary N) is 6. The molecule has 54 heavy (non-hydrogen) atoms. The number of amides is 7. The number of carbonyl (C=O) groups is 7. The summed E-state index contributed by atoms with van der Waals surface area (Å²) in [4.78, 5) is 98.3. The van der Waals surface area contributed by atoms with E-state index in [0.717, 1.165) is 0 Å². The Bertz CT molecular complexity index is 1340. The molecule has 18 nitrogen and oxygen atoms in total. The number of aliphatic hydroxyl groups is 1. The highest BCUT2D eigenvalue weighted by Crippen LogP contribution is 2.21. The van der Waals surface area contributed by atoms with E-state index in [-0.39, 0.29) is 31.3 Å². The van der Waals surface area contributed by atoms with E-state index in [2.05, 4.69) is 49.5 Å². The Hall–Kier alpha value is -4.13. The lowest BCUT2D eigenvalue weighted by Crippen LogP contribution is -2.63. The monoisotopic (exact) mass is 784 g/mol. The molecule has 0 saturated carbocycles. The average molecular weight is 785 g/mol. The van der Waals surface area contributed by atoms with E-state index in [4.69, 9.17) is 11.5 Å². The molecule has 0 unspecified atom stereocenters. The molecule has 0 bridgehead atoms. The molecule has 0 spiro atoms. The highest BCUT2D eigenvalue weighted by atomic mass is 32.1. The van der Waals surface area contributed by atoms with Gasteiger partial charge in [-0.15, -0.1) is 0 Å². The number of hydrogen-bond donors (Lipinski definition) is 10. The number of thiol groups is 1. The van der Waals surface area contributed by atoms with Crippen molar-refractivity contribution in [1.29, 1.82) is 0 Å². The first-order valence-electron chi connectivity index (χ1n) is 18.7. The van der Waals surface area contributed by atoms with Crippen molar-refractivity contribution in [2.45, 2.75) is 147 Å². The number of guanidine groups is 1. The Balaban J connectivity index is 3.30. The lowest BCUT2D eigenvalue weighted by Gasteiger charge is -2.32. The van der Waals surface area contributed by atoms with E-state index >= 15 is 0 Å². The summed E-state index contributed by atoms with van der Waals surface area (Å²) in [6.07, 6.45) is 1.22. The number of aliphatic hydroxyl groups excluding tert-OH is 1. The van der Waals surface area contributed by atoms with Crippen molar-refractivity contribution < 1.29 is 38.7 Å². The van der Waals surface area contributed by atoms with Crippen LogP contribution in [0.15, 0.2) is 4.99 Å². The number of carbonyl (C=O) groups excluding carboxylic acids is 7. The smallest absolute Gasteiger partial charge is 0.245 e. The van der Waals surface area contributed by atoms with Gasteiger partial charge in [0.2, 0.25) is 41.4 Å². The first-order chi connectivity index (χ1) is 25.2.